The van der Waals surface area contributed by atoms with E-state index in [2.05, 4.69) is 5.32 Å². The first-order valence-electron chi connectivity index (χ1n) is 9.88. The topological polar surface area (TPSA) is 103 Å². The second kappa shape index (κ2) is 8.14. The molecule has 9 heteroatoms. The molecule has 2 amide bonds. The molecule has 0 saturated carbocycles. The van der Waals surface area contributed by atoms with Gasteiger partial charge >= 0.3 is 5.97 Å². The lowest BCUT2D eigenvalue weighted by Crippen LogP contribution is -2.54. The molecule has 3 rings (SSSR count). The van der Waals surface area contributed by atoms with Crippen LogP contribution >= 0.6 is 0 Å². The second-order valence-corrected chi connectivity index (χ2v) is 7.43. The summed E-state index contributed by atoms with van der Waals surface area (Å²) in [6.45, 7) is 5.46. The molecule has 2 heterocycles. The molecule has 0 radical (unpaired) electrons. The third-order valence-electron chi connectivity index (χ3n) is 5.94. The van der Waals surface area contributed by atoms with Crippen molar-refractivity contribution in [2.75, 3.05) is 34.5 Å². The number of benzene rings is 1. The first kappa shape index (κ1) is 21.9. The fraction of sp³-hybridized carbons (Fsp3) is 0.571. The van der Waals surface area contributed by atoms with Crippen LogP contribution in [0.25, 0.3) is 0 Å². The van der Waals surface area contributed by atoms with Crippen LogP contribution in [-0.4, -0.2) is 62.7 Å². The number of esters is 1. The van der Waals surface area contributed by atoms with E-state index in [1.54, 1.807) is 32.9 Å². The zero-order valence-electron chi connectivity index (χ0n) is 18.1. The number of carbonyl (C=O) groups excluding carboxylic acids is 3. The van der Waals surface area contributed by atoms with Crippen LogP contribution < -0.4 is 19.5 Å². The van der Waals surface area contributed by atoms with E-state index in [1.807, 2.05) is 0 Å². The highest BCUT2D eigenvalue weighted by atomic mass is 16.5. The number of likely N-dealkylation sites (tertiary alicyclic amines) is 1. The minimum Gasteiger partial charge on any atom is -0.493 e. The van der Waals surface area contributed by atoms with Gasteiger partial charge in [-0.15, -0.1) is 0 Å². The maximum Gasteiger partial charge on any atom is 0.326 e. The number of hydrogen-bond donors (Lipinski definition) is 1. The minimum atomic E-state index is -1.34. The van der Waals surface area contributed by atoms with E-state index in [1.165, 1.54) is 26.2 Å². The first-order valence-corrected chi connectivity index (χ1v) is 9.88. The fourth-order valence-electron chi connectivity index (χ4n) is 4.55. The van der Waals surface area contributed by atoms with Gasteiger partial charge in [-0.2, -0.15) is 0 Å². The Balaban J connectivity index is 2.15. The average molecular weight is 420 g/mol. The predicted octanol–water partition coefficient (Wildman–Crippen LogP) is 1.30. The molecular formula is C21H28N2O7. The largest absolute Gasteiger partial charge is 0.493 e. The molecule has 0 aromatic heterocycles. The number of ether oxygens (including phenoxy) is 4. The van der Waals surface area contributed by atoms with Crippen LogP contribution in [0.15, 0.2) is 12.1 Å². The van der Waals surface area contributed by atoms with Crippen molar-refractivity contribution in [1.82, 2.24) is 10.2 Å². The Bertz CT molecular complexity index is 846. The molecular weight excluding hydrogens is 392 g/mol. The second-order valence-electron chi connectivity index (χ2n) is 7.43. The molecule has 2 saturated heterocycles. The molecule has 2 aliphatic rings. The summed E-state index contributed by atoms with van der Waals surface area (Å²) in [4.78, 5) is 40.3. The van der Waals surface area contributed by atoms with Crippen LogP contribution in [0.2, 0.25) is 0 Å². The normalized spacial score (nSPS) is 27.8. The van der Waals surface area contributed by atoms with Gasteiger partial charge in [-0.1, -0.05) is 0 Å². The Morgan fingerprint density at radius 1 is 1.07 bits per heavy atom. The quantitative estimate of drug-likeness (QED) is 0.520. The number of amides is 2. The van der Waals surface area contributed by atoms with Crippen molar-refractivity contribution in [2.24, 2.45) is 11.8 Å². The summed E-state index contributed by atoms with van der Waals surface area (Å²) in [7, 11) is 4.50. The molecule has 0 aliphatic carbocycles. The van der Waals surface area contributed by atoms with E-state index < -0.39 is 29.4 Å². The Kier molecular flexibility index (Phi) is 5.94. The molecule has 1 aromatic rings. The standard InChI is InChI=1S/C21H28N2O7/c1-7-23-18(24)14-15(19(23)25)21(3,20(26)30-8-2)22-16(14)11-9-12(27-4)17(29-6)13(10-11)28-5/h9-10,14-16,22H,7-8H2,1-6H3/t14-,15+,16+,21-/m1/s1. The van der Waals surface area contributed by atoms with Gasteiger partial charge in [0, 0.05) is 12.6 Å². The van der Waals surface area contributed by atoms with Gasteiger partial charge in [0.15, 0.2) is 11.5 Å². The summed E-state index contributed by atoms with van der Waals surface area (Å²) in [6, 6.07) is 2.82. The van der Waals surface area contributed by atoms with E-state index in [4.69, 9.17) is 18.9 Å². The number of nitrogens with one attached hydrogen (secondary N) is 1. The third-order valence-corrected chi connectivity index (χ3v) is 5.94. The number of fused-ring (bicyclic) bond motifs is 1. The molecule has 164 valence electrons. The average Bonchev–Trinajstić information content (AvgIpc) is 3.20. The van der Waals surface area contributed by atoms with Crippen molar-refractivity contribution in [1.29, 1.82) is 0 Å². The molecule has 4 atom stereocenters. The predicted molar refractivity (Wildman–Crippen MR) is 106 cm³/mol. The molecule has 9 nitrogen and oxygen atoms in total. The molecule has 2 aliphatic heterocycles. The highest BCUT2D eigenvalue weighted by Crippen LogP contribution is 2.51. The Morgan fingerprint density at radius 2 is 1.67 bits per heavy atom. The van der Waals surface area contributed by atoms with Gasteiger partial charge in [0.25, 0.3) is 0 Å². The van der Waals surface area contributed by atoms with Crippen LogP contribution in [-0.2, 0) is 19.1 Å². The first-order chi connectivity index (χ1) is 14.3. The van der Waals surface area contributed by atoms with Crippen molar-refractivity contribution >= 4 is 17.8 Å². The molecule has 2 fully saturated rings. The number of nitrogens with zero attached hydrogens (tertiary/aromatic N) is 1. The number of carbonyl (C=O) groups is 3. The summed E-state index contributed by atoms with van der Waals surface area (Å²) >= 11 is 0. The lowest BCUT2D eigenvalue weighted by molar-refractivity contribution is -0.155. The van der Waals surface area contributed by atoms with Gasteiger partial charge in [0.05, 0.1) is 39.8 Å². The van der Waals surface area contributed by atoms with E-state index in [9.17, 15) is 14.4 Å². The molecule has 30 heavy (non-hydrogen) atoms. The van der Waals surface area contributed by atoms with Crippen molar-refractivity contribution in [3.05, 3.63) is 17.7 Å². The summed E-state index contributed by atoms with van der Waals surface area (Å²) in [5, 5.41) is 3.22. The summed E-state index contributed by atoms with van der Waals surface area (Å²) in [6.07, 6.45) is 0. The summed E-state index contributed by atoms with van der Waals surface area (Å²) in [5.41, 5.74) is -0.700. The monoisotopic (exact) mass is 420 g/mol. The van der Waals surface area contributed by atoms with Gasteiger partial charge in [0.2, 0.25) is 17.6 Å². The molecule has 0 unspecified atom stereocenters. The minimum absolute atomic E-state index is 0.169. The van der Waals surface area contributed by atoms with Crippen molar-refractivity contribution in [2.45, 2.75) is 32.4 Å². The van der Waals surface area contributed by atoms with Crippen LogP contribution in [0.3, 0.4) is 0 Å². The number of rotatable bonds is 7. The molecule has 1 N–H and O–H groups in total. The SMILES string of the molecule is CCOC(=O)[C@]1(C)N[C@@H](c2cc(OC)c(OC)c(OC)c2)[C@@H]2C(=O)N(CC)C(=O)[C@H]21. The summed E-state index contributed by atoms with van der Waals surface area (Å²) in [5.74, 6) is -1.62. The van der Waals surface area contributed by atoms with Gasteiger partial charge in [0.1, 0.15) is 5.54 Å². The van der Waals surface area contributed by atoms with E-state index >= 15 is 0 Å². The zero-order chi connectivity index (χ0) is 22.2. The molecule has 0 bridgehead atoms. The van der Waals surface area contributed by atoms with E-state index in [-0.39, 0.29) is 25.0 Å². The smallest absolute Gasteiger partial charge is 0.326 e. The zero-order valence-corrected chi connectivity index (χ0v) is 18.1. The lowest BCUT2D eigenvalue weighted by Gasteiger charge is -2.29. The van der Waals surface area contributed by atoms with Gasteiger partial charge < -0.3 is 18.9 Å². The van der Waals surface area contributed by atoms with Crippen molar-refractivity contribution in [3.8, 4) is 17.2 Å². The number of methoxy groups -OCH3 is 3. The van der Waals surface area contributed by atoms with Gasteiger partial charge in [-0.25, -0.2) is 0 Å². The maximum absolute atomic E-state index is 13.1. The lowest BCUT2D eigenvalue weighted by atomic mass is 9.80. The fourth-order valence-corrected chi connectivity index (χ4v) is 4.55. The summed E-state index contributed by atoms with van der Waals surface area (Å²) < 4.78 is 21.5. The van der Waals surface area contributed by atoms with E-state index in [0.717, 1.165) is 0 Å². The van der Waals surface area contributed by atoms with Crippen LogP contribution in [0.4, 0.5) is 0 Å². The maximum atomic E-state index is 13.1. The third kappa shape index (κ3) is 3.08. The van der Waals surface area contributed by atoms with Crippen molar-refractivity contribution in [3.63, 3.8) is 0 Å². The van der Waals surface area contributed by atoms with Crippen LogP contribution in [0.5, 0.6) is 17.2 Å². The van der Waals surface area contributed by atoms with Crippen LogP contribution in [0, 0.1) is 11.8 Å². The number of hydrogen-bond acceptors (Lipinski definition) is 8. The Hall–Kier alpha value is -2.81. The number of imide groups is 1. The van der Waals surface area contributed by atoms with Gasteiger partial charge in [-0.05, 0) is 38.5 Å². The molecule has 1 aromatic carbocycles. The van der Waals surface area contributed by atoms with Crippen molar-refractivity contribution < 1.29 is 33.3 Å². The highest BCUT2D eigenvalue weighted by Gasteiger charge is 2.66. The molecule has 0 spiro atoms. The van der Waals surface area contributed by atoms with Crippen LogP contribution in [0.1, 0.15) is 32.4 Å². The Labute approximate surface area is 175 Å². The Morgan fingerprint density at radius 3 is 2.13 bits per heavy atom. The highest BCUT2D eigenvalue weighted by molar-refractivity contribution is 6.09. The van der Waals surface area contributed by atoms with Gasteiger partial charge in [-0.3, -0.25) is 24.6 Å². The van der Waals surface area contributed by atoms with E-state index in [0.29, 0.717) is 22.8 Å².